The summed E-state index contributed by atoms with van der Waals surface area (Å²) < 4.78 is 0. The Morgan fingerprint density at radius 3 is 2.70 bits per heavy atom. The molecule has 20 heavy (non-hydrogen) atoms. The zero-order valence-corrected chi connectivity index (χ0v) is 13.8. The molecule has 1 aliphatic carbocycles. The van der Waals surface area contributed by atoms with Gasteiger partial charge in [-0.2, -0.15) is 0 Å². The molecule has 3 nitrogen and oxygen atoms in total. The fourth-order valence-corrected chi connectivity index (χ4v) is 4.39. The van der Waals surface area contributed by atoms with E-state index >= 15 is 0 Å². The van der Waals surface area contributed by atoms with Crippen molar-refractivity contribution in [1.29, 1.82) is 0 Å². The molecule has 1 unspecified atom stereocenters. The van der Waals surface area contributed by atoms with Crippen LogP contribution in [0.2, 0.25) is 0 Å². The lowest BCUT2D eigenvalue weighted by Crippen LogP contribution is -2.69. The van der Waals surface area contributed by atoms with Crippen LogP contribution in [0.5, 0.6) is 0 Å². The molecule has 1 aliphatic heterocycles. The maximum atomic E-state index is 4.51. The number of thiazole rings is 1. The van der Waals surface area contributed by atoms with Crippen LogP contribution in [0, 0.1) is 5.92 Å². The van der Waals surface area contributed by atoms with Gasteiger partial charge in [-0.3, -0.25) is 4.90 Å². The standard InChI is InChI=1S/C16H27N3S/c1-4-16(5-2)11-18-15(3,13-6-7-13)12-19(16)10-14-17-8-9-20-14/h8-9,13,18H,4-7,10-12H2,1-3H3. The van der Waals surface area contributed by atoms with Crippen LogP contribution in [-0.4, -0.2) is 34.1 Å². The number of nitrogens with zero attached hydrogens (tertiary/aromatic N) is 2. The summed E-state index contributed by atoms with van der Waals surface area (Å²) in [5.41, 5.74) is 0.616. The van der Waals surface area contributed by atoms with Crippen molar-refractivity contribution in [3.8, 4) is 0 Å². The van der Waals surface area contributed by atoms with Crippen molar-refractivity contribution in [2.24, 2.45) is 5.92 Å². The van der Waals surface area contributed by atoms with Gasteiger partial charge in [-0.1, -0.05) is 13.8 Å². The number of nitrogens with one attached hydrogen (secondary N) is 1. The Hall–Kier alpha value is -0.450. The van der Waals surface area contributed by atoms with Crippen LogP contribution in [0.25, 0.3) is 0 Å². The number of hydrogen-bond donors (Lipinski definition) is 1. The van der Waals surface area contributed by atoms with E-state index < -0.39 is 0 Å². The summed E-state index contributed by atoms with van der Waals surface area (Å²) in [6.07, 6.45) is 7.16. The molecule has 2 fully saturated rings. The van der Waals surface area contributed by atoms with Gasteiger partial charge in [0.2, 0.25) is 0 Å². The summed E-state index contributed by atoms with van der Waals surface area (Å²) in [5.74, 6) is 0.882. The molecule has 2 heterocycles. The highest BCUT2D eigenvalue weighted by atomic mass is 32.1. The Bertz CT molecular complexity index is 437. The number of aromatic nitrogens is 1. The first-order valence-corrected chi connectivity index (χ1v) is 8.88. The Labute approximate surface area is 126 Å². The third-order valence-electron chi connectivity index (χ3n) is 5.62. The Balaban J connectivity index is 1.81. The van der Waals surface area contributed by atoms with Crippen LogP contribution in [0.3, 0.4) is 0 Å². The second kappa shape index (κ2) is 5.39. The van der Waals surface area contributed by atoms with Crippen molar-refractivity contribution in [1.82, 2.24) is 15.2 Å². The van der Waals surface area contributed by atoms with E-state index in [0.29, 0.717) is 11.1 Å². The van der Waals surface area contributed by atoms with E-state index in [4.69, 9.17) is 0 Å². The van der Waals surface area contributed by atoms with Crippen molar-refractivity contribution in [3.05, 3.63) is 16.6 Å². The van der Waals surface area contributed by atoms with E-state index in [-0.39, 0.29) is 0 Å². The first kappa shape index (κ1) is 14.5. The largest absolute Gasteiger partial charge is 0.308 e. The van der Waals surface area contributed by atoms with E-state index in [1.807, 2.05) is 6.20 Å². The second-order valence-electron chi connectivity index (χ2n) is 6.76. The Morgan fingerprint density at radius 1 is 1.40 bits per heavy atom. The molecule has 0 aromatic carbocycles. The second-order valence-corrected chi connectivity index (χ2v) is 7.74. The molecular weight excluding hydrogens is 266 g/mol. The summed E-state index contributed by atoms with van der Waals surface area (Å²) in [6.45, 7) is 10.4. The molecule has 112 valence electrons. The van der Waals surface area contributed by atoms with Gasteiger partial charge in [-0.15, -0.1) is 11.3 Å². The van der Waals surface area contributed by atoms with Crippen molar-refractivity contribution in [2.75, 3.05) is 13.1 Å². The molecule has 0 spiro atoms. The molecule has 1 aromatic rings. The van der Waals surface area contributed by atoms with Crippen molar-refractivity contribution in [3.63, 3.8) is 0 Å². The van der Waals surface area contributed by atoms with Crippen molar-refractivity contribution >= 4 is 11.3 Å². The third-order valence-corrected chi connectivity index (χ3v) is 6.38. The zero-order valence-electron chi connectivity index (χ0n) is 13.0. The van der Waals surface area contributed by atoms with Crippen molar-refractivity contribution in [2.45, 2.75) is 64.1 Å². The van der Waals surface area contributed by atoms with Gasteiger partial charge in [0, 0.05) is 35.7 Å². The molecule has 0 bridgehead atoms. The van der Waals surface area contributed by atoms with Gasteiger partial charge < -0.3 is 5.32 Å². The topological polar surface area (TPSA) is 28.2 Å². The molecule has 1 N–H and O–H groups in total. The number of piperazine rings is 1. The highest BCUT2D eigenvalue weighted by molar-refractivity contribution is 7.09. The molecule has 1 aromatic heterocycles. The quantitative estimate of drug-likeness (QED) is 0.903. The van der Waals surface area contributed by atoms with E-state index in [1.54, 1.807) is 11.3 Å². The highest BCUT2D eigenvalue weighted by Crippen LogP contribution is 2.44. The summed E-state index contributed by atoms with van der Waals surface area (Å²) in [5, 5.41) is 7.26. The monoisotopic (exact) mass is 293 g/mol. The average molecular weight is 293 g/mol. The van der Waals surface area contributed by atoms with Crippen molar-refractivity contribution < 1.29 is 0 Å². The summed E-state index contributed by atoms with van der Waals surface area (Å²) in [7, 11) is 0. The van der Waals surface area contributed by atoms with Crippen LogP contribution >= 0.6 is 11.3 Å². The molecule has 4 heteroatoms. The molecule has 2 aliphatic rings. The predicted molar refractivity (Wildman–Crippen MR) is 85.0 cm³/mol. The minimum absolute atomic E-state index is 0.306. The summed E-state index contributed by atoms with van der Waals surface area (Å²) in [4.78, 5) is 7.23. The molecule has 0 radical (unpaired) electrons. The fourth-order valence-electron chi connectivity index (χ4n) is 3.76. The molecule has 1 saturated carbocycles. The van der Waals surface area contributed by atoms with Crippen LogP contribution < -0.4 is 5.32 Å². The molecular formula is C16H27N3S. The minimum atomic E-state index is 0.306. The normalized spacial score (nSPS) is 30.6. The van der Waals surface area contributed by atoms with Crippen LogP contribution in [-0.2, 0) is 6.54 Å². The first-order valence-electron chi connectivity index (χ1n) is 8.00. The lowest BCUT2D eigenvalue weighted by Gasteiger charge is -2.53. The van der Waals surface area contributed by atoms with Gasteiger partial charge >= 0.3 is 0 Å². The SMILES string of the molecule is CCC1(CC)CNC(C)(C2CC2)CN1Cc1nccs1. The van der Waals surface area contributed by atoms with Gasteiger partial charge in [-0.05, 0) is 38.5 Å². The maximum absolute atomic E-state index is 4.51. The van der Waals surface area contributed by atoms with Gasteiger partial charge in [0.25, 0.3) is 0 Å². The summed E-state index contributed by atoms with van der Waals surface area (Å²) >= 11 is 1.79. The van der Waals surface area contributed by atoms with Gasteiger partial charge in [0.1, 0.15) is 5.01 Å². The highest BCUT2D eigenvalue weighted by Gasteiger charge is 2.49. The van der Waals surface area contributed by atoms with Gasteiger partial charge in [0.05, 0.1) is 6.54 Å². The Kier molecular flexibility index (Phi) is 3.91. The Morgan fingerprint density at radius 2 is 2.15 bits per heavy atom. The van der Waals surface area contributed by atoms with E-state index in [0.717, 1.165) is 19.0 Å². The average Bonchev–Trinajstić information content (AvgIpc) is 3.20. The minimum Gasteiger partial charge on any atom is -0.308 e. The number of hydrogen-bond acceptors (Lipinski definition) is 4. The van der Waals surface area contributed by atoms with Crippen LogP contribution in [0.1, 0.15) is 51.5 Å². The number of rotatable bonds is 5. The third kappa shape index (κ3) is 2.53. The maximum Gasteiger partial charge on any atom is 0.107 e. The van der Waals surface area contributed by atoms with Crippen LogP contribution in [0.4, 0.5) is 0 Å². The van der Waals surface area contributed by atoms with E-state index in [9.17, 15) is 0 Å². The fraction of sp³-hybridized carbons (Fsp3) is 0.812. The van der Waals surface area contributed by atoms with Gasteiger partial charge in [0.15, 0.2) is 0 Å². The predicted octanol–water partition coefficient (Wildman–Crippen LogP) is 3.28. The molecule has 1 atom stereocenters. The molecule has 3 rings (SSSR count). The smallest absolute Gasteiger partial charge is 0.107 e. The van der Waals surface area contributed by atoms with E-state index in [2.05, 4.69) is 41.4 Å². The lowest BCUT2D eigenvalue weighted by molar-refractivity contribution is -0.00973. The zero-order chi connectivity index (χ0) is 14.2. The molecule has 0 amide bonds. The van der Waals surface area contributed by atoms with Crippen LogP contribution in [0.15, 0.2) is 11.6 Å². The molecule has 1 saturated heterocycles. The van der Waals surface area contributed by atoms with Gasteiger partial charge in [-0.25, -0.2) is 4.98 Å². The summed E-state index contributed by atoms with van der Waals surface area (Å²) in [6, 6.07) is 0. The lowest BCUT2D eigenvalue weighted by atomic mass is 9.81. The first-order chi connectivity index (χ1) is 9.62. The van der Waals surface area contributed by atoms with E-state index in [1.165, 1.54) is 37.2 Å².